The zero-order valence-corrected chi connectivity index (χ0v) is 8.67. The van der Waals surface area contributed by atoms with E-state index in [2.05, 4.69) is 4.98 Å². The summed E-state index contributed by atoms with van der Waals surface area (Å²) in [6.07, 6.45) is 2.04. The smallest absolute Gasteiger partial charge is 0.549 e. The van der Waals surface area contributed by atoms with E-state index in [0.717, 1.165) is 6.20 Å². The minimum absolute atomic E-state index is 0. The molecule has 0 atom stereocenters. The molecule has 1 heterocycles. The van der Waals surface area contributed by atoms with Crippen LogP contribution >= 0.6 is 0 Å². The van der Waals surface area contributed by atoms with E-state index < -0.39 is 16.3 Å². The number of carbonyl (C=O) groups is 1. The molecule has 6 nitrogen and oxygen atoms in total. The fraction of sp³-hybridized carbons (Fsp3) is 0.333. The molecule has 7 heteroatoms. The Morgan fingerprint density at radius 2 is 2.06 bits per heavy atom. The van der Waals surface area contributed by atoms with Gasteiger partial charge in [0, 0.05) is 6.07 Å². The van der Waals surface area contributed by atoms with E-state index in [1.165, 1.54) is 12.1 Å². The summed E-state index contributed by atoms with van der Waals surface area (Å²) >= 11 is 0. The molecule has 1 aromatic rings. The van der Waals surface area contributed by atoms with Crippen molar-refractivity contribution < 1.29 is 33.7 Å². The molecular weight excluding hydrogens is 207 g/mol. The van der Waals surface area contributed by atoms with Crippen LogP contribution < -0.4 is 24.0 Å². The molecule has 0 radical (unpaired) electrons. The molecule has 0 N–H and O–H groups in total. The number of carboxylic acid groups (broad SMARTS) is 1. The van der Waals surface area contributed by atoms with Gasteiger partial charge in [-0.05, 0) is 18.9 Å². The largest absolute Gasteiger partial charge is 1.00 e. The second-order valence-electron chi connectivity index (χ2n) is 3.53. The van der Waals surface area contributed by atoms with Gasteiger partial charge in [-0.2, -0.15) is 0 Å². The maximum Gasteiger partial charge on any atom is 1.00 e. The maximum atomic E-state index is 10.8. The number of pyridine rings is 1. The van der Waals surface area contributed by atoms with Crippen LogP contribution in [0.3, 0.4) is 0 Å². The summed E-state index contributed by atoms with van der Waals surface area (Å²) in [4.78, 5) is 24.4. The second-order valence-corrected chi connectivity index (χ2v) is 3.53. The number of carbonyl (C=O) groups excluding carboxylic acids is 1. The van der Waals surface area contributed by atoms with Crippen molar-refractivity contribution in [3.63, 3.8) is 0 Å². The molecule has 0 aromatic carbocycles. The first-order valence-corrected chi connectivity index (χ1v) is 4.39. The molecule has 2 rings (SSSR count). The van der Waals surface area contributed by atoms with Crippen molar-refractivity contribution in [2.45, 2.75) is 18.3 Å². The summed E-state index contributed by atoms with van der Waals surface area (Å²) < 4.78 is 0. The van der Waals surface area contributed by atoms with E-state index in [1.807, 2.05) is 0 Å². The number of hydrogen-bond acceptors (Lipinski definition) is 5. The van der Waals surface area contributed by atoms with Gasteiger partial charge in [0.2, 0.25) is 0 Å². The zero-order valence-electron chi connectivity index (χ0n) is 8.67. The number of rotatable bonds is 3. The van der Waals surface area contributed by atoms with Crippen molar-refractivity contribution in [2.75, 3.05) is 0 Å². The normalized spacial score (nSPS) is 16.0. The van der Waals surface area contributed by atoms with Gasteiger partial charge in [-0.3, -0.25) is 15.1 Å². The monoisotopic (exact) mass is 214 g/mol. The Morgan fingerprint density at radius 1 is 1.44 bits per heavy atom. The molecule has 16 heavy (non-hydrogen) atoms. The summed E-state index contributed by atoms with van der Waals surface area (Å²) in [5.41, 5.74) is -0.809. The van der Waals surface area contributed by atoms with Crippen LogP contribution in [0.2, 0.25) is 0 Å². The molecule has 1 aromatic heterocycles. The standard InChI is InChI=1S/C9H8N2O4.Li/c12-8(13)9(3-4-9)7-2-1-6(5-10-7)11(14)15;/h1-2,5H,3-4H2,(H,12,13);/q;+1/p-1. The summed E-state index contributed by atoms with van der Waals surface area (Å²) in [5.74, 6) is -1.16. The third kappa shape index (κ3) is 1.94. The van der Waals surface area contributed by atoms with Crippen molar-refractivity contribution in [3.8, 4) is 0 Å². The molecule has 0 saturated heterocycles. The topological polar surface area (TPSA) is 96.2 Å². The number of aliphatic carboxylic acids is 1. The minimum Gasteiger partial charge on any atom is -0.549 e. The summed E-state index contributed by atoms with van der Waals surface area (Å²) in [5, 5.41) is 21.2. The Morgan fingerprint density at radius 3 is 2.38 bits per heavy atom. The van der Waals surface area contributed by atoms with Gasteiger partial charge in [-0.25, -0.2) is 0 Å². The molecule has 1 aliphatic carbocycles. The maximum absolute atomic E-state index is 10.8. The van der Waals surface area contributed by atoms with E-state index in [4.69, 9.17) is 0 Å². The van der Waals surface area contributed by atoms with Crippen molar-refractivity contribution >= 4 is 11.7 Å². The molecule has 1 fully saturated rings. The SMILES string of the molecule is O=C([O-])C1(c2ccc([N+](=O)[O-])cn2)CC1.[Li+]. The van der Waals surface area contributed by atoms with E-state index in [0.29, 0.717) is 18.5 Å². The Bertz CT molecular complexity index is 428. The Hall–Kier alpha value is -1.38. The van der Waals surface area contributed by atoms with E-state index in [9.17, 15) is 20.0 Å². The van der Waals surface area contributed by atoms with Crippen molar-refractivity contribution in [2.24, 2.45) is 0 Å². The van der Waals surface area contributed by atoms with Crippen molar-refractivity contribution in [1.82, 2.24) is 4.98 Å². The predicted octanol–water partition coefficient (Wildman–Crippen LogP) is -3.22. The molecule has 0 spiro atoms. The van der Waals surface area contributed by atoms with Crippen LogP contribution in [0.5, 0.6) is 0 Å². The van der Waals surface area contributed by atoms with Crippen LogP contribution in [0.4, 0.5) is 5.69 Å². The van der Waals surface area contributed by atoms with Crippen molar-refractivity contribution in [1.29, 1.82) is 0 Å². The average molecular weight is 214 g/mol. The van der Waals surface area contributed by atoms with Gasteiger partial charge in [-0.1, -0.05) is 0 Å². The molecule has 1 saturated carbocycles. The van der Waals surface area contributed by atoms with Gasteiger partial charge in [0.1, 0.15) is 6.20 Å². The van der Waals surface area contributed by atoms with Gasteiger partial charge >= 0.3 is 18.9 Å². The van der Waals surface area contributed by atoms with Gasteiger partial charge < -0.3 is 9.90 Å². The summed E-state index contributed by atoms with van der Waals surface area (Å²) in [6, 6.07) is 2.63. The molecule has 1 aliphatic rings. The zero-order chi connectivity index (χ0) is 11.1. The molecule has 0 amide bonds. The van der Waals surface area contributed by atoms with Crippen LogP contribution in [0.25, 0.3) is 0 Å². The fourth-order valence-corrected chi connectivity index (χ4v) is 1.47. The molecular formula is C9H7LiN2O4. The number of carboxylic acids is 1. The van der Waals surface area contributed by atoms with Crippen LogP contribution in [0.15, 0.2) is 18.3 Å². The molecule has 0 aliphatic heterocycles. The first kappa shape index (κ1) is 12.7. The van der Waals surface area contributed by atoms with Crippen LogP contribution in [0, 0.1) is 10.1 Å². The minimum atomic E-state index is -1.16. The average Bonchev–Trinajstić information content (AvgIpc) is 2.98. The predicted molar refractivity (Wildman–Crippen MR) is 46.8 cm³/mol. The Kier molecular flexibility index (Phi) is 3.36. The van der Waals surface area contributed by atoms with E-state index in [-0.39, 0.29) is 24.5 Å². The van der Waals surface area contributed by atoms with Crippen molar-refractivity contribution in [3.05, 3.63) is 34.1 Å². The molecule has 0 unspecified atom stereocenters. The van der Waals surface area contributed by atoms with Gasteiger partial charge in [0.05, 0.1) is 22.0 Å². The third-order valence-electron chi connectivity index (χ3n) is 2.59. The van der Waals surface area contributed by atoms with E-state index in [1.54, 1.807) is 0 Å². The van der Waals surface area contributed by atoms with Gasteiger partial charge in [-0.15, -0.1) is 0 Å². The van der Waals surface area contributed by atoms with E-state index >= 15 is 0 Å². The number of nitrogens with zero attached hydrogens (tertiary/aromatic N) is 2. The summed E-state index contributed by atoms with van der Waals surface area (Å²) in [7, 11) is 0. The first-order chi connectivity index (χ1) is 7.06. The molecule has 78 valence electrons. The first-order valence-electron chi connectivity index (χ1n) is 4.39. The second kappa shape index (κ2) is 4.24. The Balaban J connectivity index is 0.00000128. The Labute approximate surface area is 103 Å². The number of aromatic nitrogens is 1. The molecule has 0 bridgehead atoms. The summed E-state index contributed by atoms with van der Waals surface area (Å²) in [6.45, 7) is 0. The quantitative estimate of drug-likeness (QED) is 0.299. The fourth-order valence-electron chi connectivity index (χ4n) is 1.47. The number of hydrogen-bond donors (Lipinski definition) is 0. The van der Waals surface area contributed by atoms with Gasteiger partial charge in [0.15, 0.2) is 0 Å². The van der Waals surface area contributed by atoms with Crippen LogP contribution in [-0.4, -0.2) is 15.9 Å². The van der Waals surface area contributed by atoms with Crippen LogP contribution in [0.1, 0.15) is 18.5 Å². The third-order valence-corrected chi connectivity index (χ3v) is 2.59. The van der Waals surface area contributed by atoms with Crippen LogP contribution in [-0.2, 0) is 10.2 Å². The van der Waals surface area contributed by atoms with Gasteiger partial charge in [0.25, 0.3) is 5.69 Å². The number of nitro groups is 1.